The maximum atomic E-state index is 6.57. The van der Waals surface area contributed by atoms with Crippen molar-refractivity contribution in [3.63, 3.8) is 0 Å². The van der Waals surface area contributed by atoms with Crippen LogP contribution in [0.3, 0.4) is 0 Å². The van der Waals surface area contributed by atoms with Gasteiger partial charge in [-0.05, 0) is 68.1 Å². The molecule has 0 unspecified atom stereocenters. The summed E-state index contributed by atoms with van der Waals surface area (Å²) in [5, 5.41) is 4.05. The van der Waals surface area contributed by atoms with Gasteiger partial charge in [-0.2, -0.15) is 0 Å². The Kier molecular flexibility index (Phi) is 7.05. The van der Waals surface area contributed by atoms with Gasteiger partial charge < -0.3 is 14.8 Å². The quantitative estimate of drug-likeness (QED) is 0.441. The van der Waals surface area contributed by atoms with E-state index in [1.165, 1.54) is 16.7 Å². The maximum absolute atomic E-state index is 6.57. The highest BCUT2D eigenvalue weighted by atomic mass is 35.5. The number of nitrogens with one attached hydrogen (secondary N) is 1. The Balaban J connectivity index is 1.76. The monoisotopic (exact) mass is 409 g/mol. The van der Waals surface area contributed by atoms with Crippen molar-refractivity contribution in [3.05, 3.63) is 87.4 Å². The fraction of sp³-hybridized carbons (Fsp3) is 0.280. The Morgan fingerprint density at radius 2 is 1.55 bits per heavy atom. The number of hydrogen-bond acceptors (Lipinski definition) is 3. The highest BCUT2D eigenvalue weighted by Crippen LogP contribution is 2.37. The number of rotatable bonds is 8. The predicted octanol–water partition coefficient (Wildman–Crippen LogP) is 6.86. The number of anilines is 1. The molecule has 0 radical (unpaired) electrons. The third-order valence-electron chi connectivity index (χ3n) is 4.75. The average molecular weight is 410 g/mol. The third-order valence-corrected chi connectivity index (χ3v) is 5.03. The standard InChI is InChI=1S/C25H28ClNO2/c1-5-28-24-14-21(15-27-23-12-18(3)6-9-19(23)4)13-22(26)25(24)29-16-20-10-7-17(2)8-11-20/h6-14,27H,5,15-16H2,1-4H3. The van der Waals surface area contributed by atoms with Crippen LogP contribution in [-0.4, -0.2) is 6.61 Å². The second kappa shape index (κ2) is 9.71. The topological polar surface area (TPSA) is 30.5 Å². The average Bonchev–Trinajstić information content (AvgIpc) is 2.69. The molecule has 0 fully saturated rings. The molecule has 152 valence electrons. The number of halogens is 1. The van der Waals surface area contributed by atoms with Crippen molar-refractivity contribution in [1.29, 1.82) is 0 Å². The lowest BCUT2D eigenvalue weighted by Gasteiger charge is -2.16. The highest BCUT2D eigenvalue weighted by Gasteiger charge is 2.13. The molecule has 0 aromatic heterocycles. The fourth-order valence-electron chi connectivity index (χ4n) is 3.09. The van der Waals surface area contributed by atoms with Crippen LogP contribution in [0.2, 0.25) is 5.02 Å². The minimum absolute atomic E-state index is 0.445. The van der Waals surface area contributed by atoms with Gasteiger partial charge in [-0.1, -0.05) is 53.6 Å². The summed E-state index contributed by atoms with van der Waals surface area (Å²) >= 11 is 6.57. The van der Waals surface area contributed by atoms with Crippen LogP contribution in [0.4, 0.5) is 5.69 Å². The zero-order chi connectivity index (χ0) is 20.8. The van der Waals surface area contributed by atoms with Crippen LogP contribution in [-0.2, 0) is 13.2 Å². The summed E-state index contributed by atoms with van der Waals surface area (Å²) in [5.41, 5.74) is 6.92. The molecule has 0 aliphatic rings. The number of hydrogen-bond donors (Lipinski definition) is 1. The lowest BCUT2D eigenvalue weighted by molar-refractivity contribution is 0.269. The van der Waals surface area contributed by atoms with E-state index in [1.807, 2.05) is 19.1 Å². The van der Waals surface area contributed by atoms with Crippen LogP contribution < -0.4 is 14.8 Å². The van der Waals surface area contributed by atoms with Gasteiger partial charge in [-0.15, -0.1) is 0 Å². The van der Waals surface area contributed by atoms with Crippen LogP contribution in [0.25, 0.3) is 0 Å². The molecule has 3 aromatic carbocycles. The van der Waals surface area contributed by atoms with Crippen LogP contribution in [0.5, 0.6) is 11.5 Å². The molecule has 0 atom stereocenters. The normalized spacial score (nSPS) is 10.7. The van der Waals surface area contributed by atoms with Gasteiger partial charge in [0.05, 0.1) is 11.6 Å². The smallest absolute Gasteiger partial charge is 0.180 e. The zero-order valence-corrected chi connectivity index (χ0v) is 18.3. The first-order valence-electron chi connectivity index (χ1n) is 9.91. The molecule has 0 saturated carbocycles. The Morgan fingerprint density at radius 1 is 0.828 bits per heavy atom. The van der Waals surface area contributed by atoms with E-state index in [-0.39, 0.29) is 0 Å². The largest absolute Gasteiger partial charge is 0.490 e. The van der Waals surface area contributed by atoms with E-state index in [2.05, 4.69) is 68.6 Å². The van der Waals surface area contributed by atoms with Gasteiger partial charge in [0.15, 0.2) is 11.5 Å². The van der Waals surface area contributed by atoms with Gasteiger partial charge in [-0.25, -0.2) is 0 Å². The van der Waals surface area contributed by atoms with E-state index in [1.54, 1.807) is 0 Å². The first-order valence-corrected chi connectivity index (χ1v) is 10.3. The Morgan fingerprint density at radius 3 is 2.28 bits per heavy atom. The SMILES string of the molecule is CCOc1cc(CNc2cc(C)ccc2C)cc(Cl)c1OCc1ccc(C)cc1. The lowest BCUT2D eigenvalue weighted by Crippen LogP contribution is -2.04. The third kappa shape index (κ3) is 5.68. The van der Waals surface area contributed by atoms with E-state index >= 15 is 0 Å². The van der Waals surface area contributed by atoms with Crippen LogP contribution in [0.1, 0.15) is 34.7 Å². The summed E-state index contributed by atoms with van der Waals surface area (Å²) in [4.78, 5) is 0. The molecule has 0 heterocycles. The van der Waals surface area contributed by atoms with Crippen molar-refractivity contribution in [2.75, 3.05) is 11.9 Å². The molecule has 4 heteroatoms. The van der Waals surface area contributed by atoms with Crippen molar-refractivity contribution in [1.82, 2.24) is 0 Å². The molecule has 29 heavy (non-hydrogen) atoms. The first kappa shape index (κ1) is 21.1. The van der Waals surface area contributed by atoms with Gasteiger partial charge in [0.2, 0.25) is 0 Å². The molecular weight excluding hydrogens is 382 g/mol. The first-order chi connectivity index (χ1) is 14.0. The number of ether oxygens (including phenoxy) is 2. The van der Waals surface area contributed by atoms with Gasteiger partial charge in [0.1, 0.15) is 6.61 Å². The van der Waals surface area contributed by atoms with Crippen molar-refractivity contribution in [2.45, 2.75) is 40.8 Å². The van der Waals surface area contributed by atoms with Gasteiger partial charge >= 0.3 is 0 Å². The summed E-state index contributed by atoms with van der Waals surface area (Å²) < 4.78 is 11.8. The molecule has 3 aromatic rings. The van der Waals surface area contributed by atoms with Crippen molar-refractivity contribution >= 4 is 17.3 Å². The maximum Gasteiger partial charge on any atom is 0.180 e. The summed E-state index contributed by atoms with van der Waals surface area (Å²) in [7, 11) is 0. The Bertz CT molecular complexity index is 967. The Labute approximate surface area is 178 Å². The molecule has 0 aliphatic carbocycles. The molecular formula is C25H28ClNO2. The molecule has 3 nitrogen and oxygen atoms in total. The number of benzene rings is 3. The van der Waals surface area contributed by atoms with Gasteiger partial charge in [0, 0.05) is 12.2 Å². The summed E-state index contributed by atoms with van der Waals surface area (Å²) in [5.74, 6) is 1.26. The van der Waals surface area contributed by atoms with Crippen molar-refractivity contribution in [3.8, 4) is 11.5 Å². The Hall–Kier alpha value is -2.65. The fourth-order valence-corrected chi connectivity index (χ4v) is 3.38. The van der Waals surface area contributed by atoms with Crippen molar-refractivity contribution < 1.29 is 9.47 Å². The molecule has 0 bridgehead atoms. The second-order valence-corrected chi connectivity index (χ2v) is 7.69. The van der Waals surface area contributed by atoms with E-state index in [0.717, 1.165) is 16.8 Å². The van der Waals surface area contributed by atoms with Crippen LogP contribution in [0.15, 0.2) is 54.6 Å². The van der Waals surface area contributed by atoms with E-state index in [4.69, 9.17) is 21.1 Å². The van der Waals surface area contributed by atoms with E-state index < -0.39 is 0 Å². The molecule has 0 saturated heterocycles. The molecule has 0 aliphatic heterocycles. The second-order valence-electron chi connectivity index (χ2n) is 7.28. The van der Waals surface area contributed by atoms with Crippen molar-refractivity contribution in [2.24, 2.45) is 0 Å². The minimum Gasteiger partial charge on any atom is -0.490 e. The van der Waals surface area contributed by atoms with Gasteiger partial charge in [-0.3, -0.25) is 0 Å². The van der Waals surface area contributed by atoms with Gasteiger partial charge in [0.25, 0.3) is 0 Å². The lowest BCUT2D eigenvalue weighted by atomic mass is 10.1. The summed E-state index contributed by atoms with van der Waals surface area (Å²) in [6.07, 6.45) is 0. The minimum atomic E-state index is 0.445. The van der Waals surface area contributed by atoms with Crippen LogP contribution in [0, 0.1) is 20.8 Å². The number of aryl methyl sites for hydroxylation is 3. The van der Waals surface area contributed by atoms with E-state index in [0.29, 0.717) is 36.3 Å². The van der Waals surface area contributed by atoms with E-state index in [9.17, 15) is 0 Å². The molecule has 3 rings (SSSR count). The molecule has 1 N–H and O–H groups in total. The summed E-state index contributed by atoms with van der Waals surface area (Å²) in [6, 6.07) is 18.6. The summed E-state index contributed by atoms with van der Waals surface area (Å²) in [6.45, 7) is 9.86. The van der Waals surface area contributed by atoms with Crippen LogP contribution >= 0.6 is 11.6 Å². The highest BCUT2D eigenvalue weighted by molar-refractivity contribution is 6.32. The predicted molar refractivity (Wildman–Crippen MR) is 121 cm³/mol. The molecule has 0 spiro atoms. The zero-order valence-electron chi connectivity index (χ0n) is 17.5. The molecule has 0 amide bonds.